The van der Waals surface area contributed by atoms with Gasteiger partial charge in [-0.05, 0) is 25.7 Å². The third-order valence-electron chi connectivity index (χ3n) is 5.83. The van der Waals surface area contributed by atoms with Gasteiger partial charge in [0.05, 0.1) is 5.88 Å². The zero-order valence-corrected chi connectivity index (χ0v) is 18.3. The Kier molecular flexibility index (Phi) is 10.4. The topological polar surface area (TPSA) is 69.6 Å². The normalized spacial score (nSPS) is 25.6. The summed E-state index contributed by atoms with van der Waals surface area (Å²) in [7, 11) is 0. The number of rotatable bonds is 5. The van der Waals surface area contributed by atoms with Crippen molar-refractivity contribution < 1.29 is 14.7 Å². The maximum absolute atomic E-state index is 11.7. The van der Waals surface area contributed by atoms with Crippen LogP contribution in [0.4, 0.5) is 0 Å². The summed E-state index contributed by atoms with van der Waals surface area (Å²) in [5.74, 6) is 0.173. The number of aliphatic carboxylic acids is 1. The van der Waals surface area contributed by atoms with E-state index in [4.69, 9.17) is 5.11 Å². The number of carboxylic acid groups (broad SMARTS) is 1. The second-order valence-electron chi connectivity index (χ2n) is 8.08. The highest BCUT2D eigenvalue weighted by molar-refractivity contribution is 7.99. The van der Waals surface area contributed by atoms with E-state index in [2.05, 4.69) is 17.9 Å². The molecule has 1 saturated heterocycles. The predicted octanol–water partition coefficient (Wildman–Crippen LogP) is 3.78. The highest BCUT2D eigenvalue weighted by Gasteiger charge is 2.35. The molecule has 2 aliphatic carbocycles. The van der Waals surface area contributed by atoms with Gasteiger partial charge in [-0.3, -0.25) is 4.79 Å². The molecule has 2 atom stereocenters. The molecule has 0 aromatic rings. The molecule has 5 nitrogen and oxygen atoms in total. The van der Waals surface area contributed by atoms with Crippen LogP contribution in [-0.4, -0.2) is 57.4 Å². The summed E-state index contributed by atoms with van der Waals surface area (Å²) in [6.45, 7) is 1.76. The van der Waals surface area contributed by atoms with E-state index in [0.29, 0.717) is 17.4 Å². The Hall–Kier alpha value is -0.400. The van der Waals surface area contributed by atoms with Crippen LogP contribution in [0, 0.1) is 5.92 Å². The van der Waals surface area contributed by atoms with E-state index in [0.717, 1.165) is 12.1 Å². The van der Waals surface area contributed by atoms with Crippen molar-refractivity contribution in [1.29, 1.82) is 0 Å². The minimum absolute atomic E-state index is 0.114. The number of nitrogens with zero attached hydrogens (tertiary/aromatic N) is 1. The number of nitrogens with one attached hydrogen (secondary N) is 1. The van der Waals surface area contributed by atoms with Gasteiger partial charge in [-0.1, -0.05) is 45.4 Å². The van der Waals surface area contributed by atoms with Crippen molar-refractivity contribution in [2.24, 2.45) is 5.92 Å². The van der Waals surface area contributed by atoms with E-state index in [9.17, 15) is 9.59 Å². The molecule has 0 aromatic heterocycles. The minimum Gasteiger partial charge on any atom is -0.480 e. The van der Waals surface area contributed by atoms with E-state index in [1.165, 1.54) is 80.9 Å². The van der Waals surface area contributed by atoms with E-state index < -0.39 is 12.0 Å². The van der Waals surface area contributed by atoms with E-state index in [1.807, 2.05) is 0 Å². The number of hydrogen-bond donors (Lipinski definition) is 3. The monoisotopic (exact) mass is 416 g/mol. The fraction of sp³-hybridized carbons (Fsp3) is 0.900. The summed E-state index contributed by atoms with van der Waals surface area (Å²) in [6, 6.07) is 1.09. The van der Waals surface area contributed by atoms with Crippen molar-refractivity contribution in [1.82, 2.24) is 10.2 Å². The van der Waals surface area contributed by atoms with E-state index >= 15 is 0 Å². The molecule has 7 heteroatoms. The number of amides is 1. The molecule has 3 fully saturated rings. The maximum Gasteiger partial charge on any atom is 0.327 e. The van der Waals surface area contributed by atoms with Crippen molar-refractivity contribution in [2.75, 3.05) is 17.4 Å². The molecule has 0 spiro atoms. The third-order valence-corrected chi connectivity index (χ3v) is 7.39. The lowest BCUT2D eigenvalue weighted by atomic mass is 9.91. The lowest BCUT2D eigenvalue weighted by Crippen LogP contribution is -2.44. The molecule has 2 N–H and O–H groups in total. The summed E-state index contributed by atoms with van der Waals surface area (Å²) in [6.07, 6.45) is 14.6. The molecule has 2 saturated carbocycles. The summed E-state index contributed by atoms with van der Waals surface area (Å²) in [5.41, 5.74) is 0. The first-order valence-electron chi connectivity index (χ1n) is 10.5. The minimum atomic E-state index is -0.922. The maximum atomic E-state index is 11.7. The lowest BCUT2D eigenvalue weighted by Gasteiger charge is -2.30. The van der Waals surface area contributed by atoms with Crippen LogP contribution in [0.1, 0.15) is 71.1 Å². The Morgan fingerprint density at radius 1 is 1.07 bits per heavy atom. The van der Waals surface area contributed by atoms with Crippen LogP contribution in [-0.2, 0) is 9.59 Å². The van der Waals surface area contributed by atoms with Crippen LogP contribution in [0.5, 0.6) is 0 Å². The molecule has 27 heavy (non-hydrogen) atoms. The van der Waals surface area contributed by atoms with Crippen molar-refractivity contribution in [2.45, 2.75) is 89.3 Å². The molecule has 2 unspecified atom stereocenters. The van der Waals surface area contributed by atoms with E-state index in [-0.39, 0.29) is 11.8 Å². The van der Waals surface area contributed by atoms with Crippen LogP contribution in [0.25, 0.3) is 0 Å². The van der Waals surface area contributed by atoms with Crippen molar-refractivity contribution >= 4 is 36.3 Å². The van der Waals surface area contributed by atoms with Crippen molar-refractivity contribution in [3.8, 4) is 0 Å². The largest absolute Gasteiger partial charge is 0.480 e. The zero-order chi connectivity index (χ0) is 19.6. The van der Waals surface area contributed by atoms with Crippen molar-refractivity contribution in [3.05, 3.63) is 0 Å². The number of thioether (sulfide) groups is 1. The van der Waals surface area contributed by atoms with Crippen molar-refractivity contribution in [3.63, 3.8) is 0 Å². The van der Waals surface area contributed by atoms with Gasteiger partial charge in [-0.15, -0.1) is 11.8 Å². The highest BCUT2D eigenvalue weighted by Crippen LogP contribution is 2.24. The predicted molar refractivity (Wildman–Crippen MR) is 115 cm³/mol. The molecule has 1 amide bonds. The number of carbonyl (C=O) groups is 2. The molecule has 1 aliphatic heterocycles. The first kappa shape index (κ1) is 22.9. The molecule has 0 radical (unpaired) electrons. The number of carboxylic acids is 1. The Morgan fingerprint density at radius 3 is 2.04 bits per heavy atom. The first-order valence-corrected chi connectivity index (χ1v) is 12.3. The SMILES string of the molecule is C1CCC(NC2CCCCC2)CC1.CC(CS)C(=O)N1CSCC1C(=O)O. The average Bonchev–Trinajstić information content (AvgIpc) is 3.19. The smallest absolute Gasteiger partial charge is 0.327 e. The van der Waals surface area contributed by atoms with Crippen LogP contribution < -0.4 is 5.32 Å². The van der Waals surface area contributed by atoms with Gasteiger partial charge in [0.1, 0.15) is 6.04 Å². The van der Waals surface area contributed by atoms with Crippen LogP contribution in [0.3, 0.4) is 0 Å². The molecule has 3 aliphatic rings. The van der Waals surface area contributed by atoms with Gasteiger partial charge in [0.15, 0.2) is 0 Å². The molecule has 1 heterocycles. The Morgan fingerprint density at radius 2 is 1.59 bits per heavy atom. The molecular formula is C20H36N2O3S2. The van der Waals surface area contributed by atoms with Gasteiger partial charge >= 0.3 is 5.97 Å². The van der Waals surface area contributed by atoms with Gasteiger partial charge in [-0.2, -0.15) is 12.6 Å². The fourth-order valence-corrected chi connectivity index (χ4v) is 5.41. The molecule has 0 aromatic carbocycles. The number of hydrogen-bond acceptors (Lipinski definition) is 5. The summed E-state index contributed by atoms with van der Waals surface area (Å²) in [4.78, 5) is 23.9. The van der Waals surface area contributed by atoms with E-state index in [1.54, 1.807) is 6.92 Å². The Bertz CT molecular complexity index is 450. The molecule has 0 bridgehead atoms. The second-order valence-corrected chi connectivity index (χ2v) is 9.45. The van der Waals surface area contributed by atoms with Crippen LogP contribution >= 0.6 is 24.4 Å². The van der Waals surface area contributed by atoms with Gasteiger partial charge in [0, 0.05) is 29.5 Å². The van der Waals surface area contributed by atoms with Crippen LogP contribution in [0.2, 0.25) is 0 Å². The second kappa shape index (κ2) is 12.2. The molecule has 156 valence electrons. The van der Waals surface area contributed by atoms with Gasteiger partial charge in [0.25, 0.3) is 0 Å². The average molecular weight is 417 g/mol. The van der Waals surface area contributed by atoms with Gasteiger partial charge < -0.3 is 15.3 Å². The quantitative estimate of drug-likeness (QED) is 0.595. The van der Waals surface area contributed by atoms with Gasteiger partial charge in [-0.25, -0.2) is 4.79 Å². The summed E-state index contributed by atoms with van der Waals surface area (Å²) < 4.78 is 0. The number of thiol groups is 1. The summed E-state index contributed by atoms with van der Waals surface area (Å²) in [5, 5.41) is 12.7. The first-order chi connectivity index (χ1) is 13.0. The molecule has 3 rings (SSSR count). The fourth-order valence-electron chi connectivity index (χ4n) is 4.10. The highest BCUT2D eigenvalue weighted by atomic mass is 32.2. The third kappa shape index (κ3) is 7.50. The van der Waals surface area contributed by atoms with Gasteiger partial charge in [0.2, 0.25) is 5.91 Å². The lowest BCUT2D eigenvalue weighted by molar-refractivity contribution is -0.148. The molecular weight excluding hydrogens is 380 g/mol. The zero-order valence-electron chi connectivity index (χ0n) is 16.6. The Labute approximate surface area is 173 Å². The number of carbonyl (C=O) groups excluding carboxylic acids is 1. The summed E-state index contributed by atoms with van der Waals surface area (Å²) >= 11 is 5.50. The van der Waals surface area contributed by atoms with Crippen LogP contribution in [0.15, 0.2) is 0 Å². The Balaban J connectivity index is 0.000000194. The standard InChI is InChI=1S/C12H23N.C8H13NO3S2/c1-3-7-11(8-4-1)13-12-9-5-2-6-10-12;1-5(2-13)7(10)9-4-14-3-6(9)8(11)12/h11-13H,1-10H2;5-6,13H,2-4H2,1H3,(H,11,12).